The minimum atomic E-state index is -3.65. The summed E-state index contributed by atoms with van der Waals surface area (Å²) in [5.74, 6) is 0. The second-order valence-corrected chi connectivity index (χ2v) is 9.05. The van der Waals surface area contributed by atoms with Crippen LogP contribution in [-0.2, 0) is 10.0 Å². The van der Waals surface area contributed by atoms with Crippen molar-refractivity contribution >= 4 is 67.6 Å². The standard InChI is InChI=1S/C20H17Cl2N3O2S2/c1-13-5-11-16(12-6-13)29(26,27)25-15-9-7-14(8-10-15)23-20(28)24-18-4-2-3-17(21)19(18)22/h2-12,25H,1H3,(H2,23,24,28). The van der Waals surface area contributed by atoms with Crippen LogP contribution in [0.25, 0.3) is 0 Å². The summed E-state index contributed by atoms with van der Waals surface area (Å²) in [4.78, 5) is 0.203. The van der Waals surface area contributed by atoms with Crippen molar-refractivity contribution in [3.8, 4) is 0 Å². The third-order valence-electron chi connectivity index (χ3n) is 3.93. The van der Waals surface area contributed by atoms with Crippen molar-refractivity contribution in [2.45, 2.75) is 11.8 Å². The van der Waals surface area contributed by atoms with Gasteiger partial charge in [-0.15, -0.1) is 0 Å². The van der Waals surface area contributed by atoms with Crippen molar-refractivity contribution in [2.24, 2.45) is 0 Å². The van der Waals surface area contributed by atoms with E-state index in [2.05, 4.69) is 15.4 Å². The second-order valence-electron chi connectivity index (χ2n) is 6.18. The van der Waals surface area contributed by atoms with Crippen molar-refractivity contribution in [1.29, 1.82) is 0 Å². The third kappa shape index (κ3) is 5.61. The van der Waals surface area contributed by atoms with Crippen LogP contribution >= 0.6 is 35.4 Å². The largest absolute Gasteiger partial charge is 0.332 e. The fourth-order valence-corrected chi connectivity index (χ4v) is 4.07. The lowest BCUT2D eigenvalue weighted by Gasteiger charge is -2.13. The number of thiocarbonyl (C=S) groups is 1. The zero-order valence-electron chi connectivity index (χ0n) is 15.2. The van der Waals surface area contributed by atoms with Crippen molar-refractivity contribution in [2.75, 3.05) is 15.4 Å². The van der Waals surface area contributed by atoms with Crippen molar-refractivity contribution < 1.29 is 8.42 Å². The molecule has 29 heavy (non-hydrogen) atoms. The van der Waals surface area contributed by atoms with E-state index in [0.717, 1.165) is 5.56 Å². The van der Waals surface area contributed by atoms with Gasteiger partial charge in [-0.05, 0) is 67.7 Å². The Bertz CT molecular complexity index is 1130. The third-order valence-corrected chi connectivity index (χ3v) is 6.35. The lowest BCUT2D eigenvalue weighted by Crippen LogP contribution is -2.19. The van der Waals surface area contributed by atoms with Gasteiger partial charge in [0.15, 0.2) is 5.11 Å². The van der Waals surface area contributed by atoms with Crippen molar-refractivity contribution in [3.63, 3.8) is 0 Å². The van der Waals surface area contributed by atoms with Gasteiger partial charge in [-0.25, -0.2) is 8.42 Å². The van der Waals surface area contributed by atoms with Gasteiger partial charge in [0.2, 0.25) is 0 Å². The van der Waals surface area contributed by atoms with E-state index in [-0.39, 0.29) is 4.90 Å². The molecule has 0 aliphatic rings. The molecule has 0 aromatic heterocycles. The van der Waals surface area contributed by atoms with Gasteiger partial charge in [0.05, 0.1) is 20.6 Å². The van der Waals surface area contributed by atoms with E-state index in [1.807, 2.05) is 6.92 Å². The number of aryl methyl sites for hydroxylation is 1. The minimum absolute atomic E-state index is 0.203. The molecule has 0 aliphatic carbocycles. The average molecular weight is 466 g/mol. The number of hydrogen-bond donors (Lipinski definition) is 3. The molecule has 150 valence electrons. The Kier molecular flexibility index (Phi) is 6.64. The van der Waals surface area contributed by atoms with Crippen LogP contribution in [0.4, 0.5) is 17.1 Å². The van der Waals surface area contributed by atoms with Crippen LogP contribution in [0.5, 0.6) is 0 Å². The molecule has 0 radical (unpaired) electrons. The molecule has 3 aromatic rings. The van der Waals surface area contributed by atoms with Crippen LogP contribution < -0.4 is 15.4 Å². The number of rotatable bonds is 5. The maximum Gasteiger partial charge on any atom is 0.261 e. The van der Waals surface area contributed by atoms with Gasteiger partial charge in [0.25, 0.3) is 10.0 Å². The van der Waals surface area contributed by atoms with E-state index in [0.29, 0.717) is 32.2 Å². The molecular formula is C20H17Cl2N3O2S2. The van der Waals surface area contributed by atoms with Gasteiger partial charge in [0.1, 0.15) is 0 Å². The van der Waals surface area contributed by atoms with Gasteiger partial charge in [-0.1, -0.05) is 47.0 Å². The molecular weight excluding hydrogens is 449 g/mol. The molecule has 0 bridgehead atoms. The molecule has 0 saturated carbocycles. The molecule has 0 heterocycles. The van der Waals surface area contributed by atoms with Crippen LogP contribution in [0.2, 0.25) is 10.0 Å². The Morgan fingerprint density at radius 3 is 2.14 bits per heavy atom. The predicted molar refractivity (Wildman–Crippen MR) is 125 cm³/mol. The first-order valence-corrected chi connectivity index (χ1v) is 11.1. The quantitative estimate of drug-likeness (QED) is 0.408. The average Bonchev–Trinajstić information content (AvgIpc) is 2.67. The number of halogens is 2. The van der Waals surface area contributed by atoms with Gasteiger partial charge < -0.3 is 10.6 Å². The molecule has 0 amide bonds. The van der Waals surface area contributed by atoms with Crippen LogP contribution in [0, 0.1) is 6.92 Å². The minimum Gasteiger partial charge on any atom is -0.332 e. The maximum absolute atomic E-state index is 12.5. The van der Waals surface area contributed by atoms with Gasteiger partial charge in [-0.2, -0.15) is 0 Å². The van der Waals surface area contributed by atoms with Crippen LogP contribution in [0.1, 0.15) is 5.56 Å². The van der Waals surface area contributed by atoms with Crippen LogP contribution in [0.3, 0.4) is 0 Å². The Hall–Kier alpha value is -2.32. The first kappa shape index (κ1) is 21.4. The lowest BCUT2D eigenvalue weighted by molar-refractivity contribution is 0.601. The monoisotopic (exact) mass is 465 g/mol. The normalized spacial score (nSPS) is 11.0. The Labute approximate surface area is 185 Å². The summed E-state index contributed by atoms with van der Waals surface area (Å²) < 4.78 is 27.5. The maximum atomic E-state index is 12.5. The van der Waals surface area contributed by atoms with E-state index in [9.17, 15) is 8.42 Å². The molecule has 0 spiro atoms. The summed E-state index contributed by atoms with van der Waals surface area (Å²) in [6.45, 7) is 1.90. The number of nitrogens with one attached hydrogen (secondary N) is 3. The molecule has 3 N–H and O–H groups in total. The Balaban J connectivity index is 1.64. The van der Waals surface area contributed by atoms with Crippen LogP contribution in [0.15, 0.2) is 71.6 Å². The fourth-order valence-electron chi connectivity index (χ4n) is 2.44. The van der Waals surface area contributed by atoms with Gasteiger partial charge >= 0.3 is 0 Å². The van der Waals surface area contributed by atoms with E-state index in [1.54, 1.807) is 66.7 Å². The van der Waals surface area contributed by atoms with Gasteiger partial charge in [-0.3, -0.25) is 4.72 Å². The first-order valence-electron chi connectivity index (χ1n) is 8.46. The zero-order chi connectivity index (χ0) is 21.0. The summed E-state index contributed by atoms with van der Waals surface area (Å²) in [7, 11) is -3.65. The van der Waals surface area contributed by atoms with E-state index >= 15 is 0 Å². The molecule has 0 saturated heterocycles. The van der Waals surface area contributed by atoms with E-state index in [4.69, 9.17) is 35.4 Å². The first-order chi connectivity index (χ1) is 13.7. The summed E-state index contributed by atoms with van der Waals surface area (Å²) >= 11 is 17.4. The number of benzene rings is 3. The SMILES string of the molecule is Cc1ccc(S(=O)(=O)Nc2ccc(NC(=S)Nc3cccc(Cl)c3Cl)cc2)cc1. The highest BCUT2D eigenvalue weighted by molar-refractivity contribution is 7.92. The van der Waals surface area contributed by atoms with Crippen molar-refractivity contribution in [1.82, 2.24) is 0 Å². The summed E-state index contributed by atoms with van der Waals surface area (Å²) in [6, 6.07) is 18.5. The zero-order valence-corrected chi connectivity index (χ0v) is 18.4. The van der Waals surface area contributed by atoms with Crippen LogP contribution in [-0.4, -0.2) is 13.5 Å². The highest BCUT2D eigenvalue weighted by Gasteiger charge is 2.13. The summed E-state index contributed by atoms with van der Waals surface area (Å²) in [6.07, 6.45) is 0. The Morgan fingerprint density at radius 2 is 1.48 bits per heavy atom. The molecule has 3 aromatic carbocycles. The molecule has 0 aliphatic heterocycles. The van der Waals surface area contributed by atoms with E-state index < -0.39 is 10.0 Å². The fraction of sp³-hybridized carbons (Fsp3) is 0.0500. The molecule has 9 heteroatoms. The number of sulfonamides is 1. The van der Waals surface area contributed by atoms with E-state index in [1.165, 1.54) is 0 Å². The molecule has 0 unspecified atom stereocenters. The van der Waals surface area contributed by atoms with Crippen molar-refractivity contribution in [3.05, 3.63) is 82.3 Å². The predicted octanol–water partition coefficient (Wildman–Crippen LogP) is 5.91. The molecule has 5 nitrogen and oxygen atoms in total. The summed E-state index contributed by atoms with van der Waals surface area (Å²) in [5.41, 5.74) is 2.69. The number of anilines is 3. The number of hydrogen-bond acceptors (Lipinski definition) is 3. The highest BCUT2D eigenvalue weighted by atomic mass is 35.5. The highest BCUT2D eigenvalue weighted by Crippen LogP contribution is 2.29. The lowest BCUT2D eigenvalue weighted by atomic mass is 10.2. The topological polar surface area (TPSA) is 70.2 Å². The second kappa shape index (κ2) is 9.00. The smallest absolute Gasteiger partial charge is 0.261 e. The molecule has 0 fully saturated rings. The summed E-state index contributed by atoms with van der Waals surface area (Å²) in [5, 5.41) is 7.09. The van der Waals surface area contributed by atoms with Gasteiger partial charge in [0, 0.05) is 11.4 Å². The molecule has 3 rings (SSSR count). The molecule has 0 atom stereocenters. The Morgan fingerprint density at radius 1 is 0.862 bits per heavy atom.